The predicted octanol–water partition coefficient (Wildman–Crippen LogP) is 2.06. The Labute approximate surface area is 108 Å². The molecule has 0 radical (unpaired) electrons. The Hall–Kier alpha value is -0.780. The van der Waals surface area contributed by atoms with Crippen LogP contribution in [0.25, 0.3) is 0 Å². The van der Waals surface area contributed by atoms with E-state index in [1.165, 1.54) is 5.56 Å². The lowest BCUT2D eigenvalue weighted by molar-refractivity contribution is 0.173. The van der Waals surface area contributed by atoms with Crippen molar-refractivity contribution in [1.82, 2.24) is 5.32 Å². The summed E-state index contributed by atoms with van der Waals surface area (Å²) in [6, 6.07) is 4.56. The largest absolute Gasteiger partial charge is 0.454 e. The Kier molecular flexibility index (Phi) is 3.22. The van der Waals surface area contributed by atoms with Crippen molar-refractivity contribution in [2.24, 2.45) is 0 Å². The first-order valence-corrected chi connectivity index (χ1v) is 6.51. The number of halogens is 1. The van der Waals surface area contributed by atoms with Gasteiger partial charge in [-0.15, -0.1) is 0 Å². The first-order valence-electron chi connectivity index (χ1n) is 5.72. The molecule has 0 spiro atoms. The van der Waals surface area contributed by atoms with E-state index in [1.54, 1.807) is 0 Å². The molecule has 2 aliphatic heterocycles. The summed E-state index contributed by atoms with van der Waals surface area (Å²) in [4.78, 5) is 0. The van der Waals surface area contributed by atoms with Crippen LogP contribution >= 0.6 is 15.9 Å². The number of fused-ring (bicyclic) bond motifs is 1. The topological polar surface area (TPSA) is 39.7 Å². The predicted molar refractivity (Wildman–Crippen MR) is 66.3 cm³/mol. The van der Waals surface area contributed by atoms with Gasteiger partial charge in [0.15, 0.2) is 11.5 Å². The Balaban J connectivity index is 1.68. The van der Waals surface area contributed by atoms with Crippen LogP contribution < -0.4 is 14.8 Å². The number of hydrogen-bond donors (Lipinski definition) is 1. The Morgan fingerprint density at radius 1 is 1.35 bits per heavy atom. The normalized spacial score (nSPS) is 22.1. The number of ether oxygens (including phenoxy) is 3. The van der Waals surface area contributed by atoms with Crippen LogP contribution in [0.2, 0.25) is 0 Å². The lowest BCUT2D eigenvalue weighted by Crippen LogP contribution is -2.28. The van der Waals surface area contributed by atoms with E-state index in [9.17, 15) is 0 Å². The van der Waals surface area contributed by atoms with Crippen molar-refractivity contribution in [3.8, 4) is 11.5 Å². The lowest BCUT2D eigenvalue weighted by atomic mass is 10.2. The molecule has 3 rings (SSSR count). The van der Waals surface area contributed by atoms with Gasteiger partial charge in [-0.05, 0) is 40.0 Å². The van der Waals surface area contributed by atoms with Crippen molar-refractivity contribution < 1.29 is 14.2 Å². The highest BCUT2D eigenvalue weighted by Crippen LogP contribution is 2.39. The summed E-state index contributed by atoms with van der Waals surface area (Å²) < 4.78 is 17.0. The van der Waals surface area contributed by atoms with Gasteiger partial charge in [0, 0.05) is 19.2 Å². The molecular formula is C12H14BrNO3. The number of rotatable bonds is 3. The van der Waals surface area contributed by atoms with Gasteiger partial charge in [-0.2, -0.15) is 0 Å². The molecule has 0 aliphatic carbocycles. The summed E-state index contributed by atoms with van der Waals surface area (Å²) in [5.41, 5.74) is 1.19. The number of benzene rings is 1. The molecule has 0 amide bonds. The average molecular weight is 300 g/mol. The standard InChI is InChI=1S/C12H14BrNO3/c13-10-3-8(4-11-12(10)17-7-16-11)5-14-9-1-2-15-6-9/h3-4,9,14H,1-2,5-7H2. The van der Waals surface area contributed by atoms with Crippen LogP contribution in [0, 0.1) is 0 Å². The number of nitrogens with one attached hydrogen (secondary N) is 1. The van der Waals surface area contributed by atoms with E-state index in [0.717, 1.165) is 42.2 Å². The van der Waals surface area contributed by atoms with Gasteiger partial charge in [-0.1, -0.05) is 0 Å². The van der Waals surface area contributed by atoms with Crippen LogP contribution in [0.1, 0.15) is 12.0 Å². The van der Waals surface area contributed by atoms with E-state index < -0.39 is 0 Å². The van der Waals surface area contributed by atoms with Gasteiger partial charge >= 0.3 is 0 Å². The summed E-state index contributed by atoms with van der Waals surface area (Å²) in [6.07, 6.45) is 1.09. The monoisotopic (exact) mass is 299 g/mol. The van der Waals surface area contributed by atoms with E-state index in [0.29, 0.717) is 12.8 Å². The Morgan fingerprint density at radius 2 is 2.29 bits per heavy atom. The van der Waals surface area contributed by atoms with Crippen LogP contribution in [-0.4, -0.2) is 26.0 Å². The average Bonchev–Trinajstić information content (AvgIpc) is 2.97. The molecule has 4 nitrogen and oxygen atoms in total. The van der Waals surface area contributed by atoms with Crippen LogP contribution in [0.3, 0.4) is 0 Å². The summed E-state index contributed by atoms with van der Waals surface area (Å²) in [6.45, 7) is 2.80. The van der Waals surface area contributed by atoms with Crippen LogP contribution in [0.5, 0.6) is 11.5 Å². The van der Waals surface area contributed by atoms with Gasteiger partial charge in [-0.3, -0.25) is 0 Å². The molecule has 0 saturated carbocycles. The highest BCUT2D eigenvalue weighted by molar-refractivity contribution is 9.10. The molecule has 0 aromatic heterocycles. The van der Waals surface area contributed by atoms with Gasteiger partial charge in [0.1, 0.15) is 0 Å². The summed E-state index contributed by atoms with van der Waals surface area (Å²) in [5.74, 6) is 1.62. The van der Waals surface area contributed by atoms with Gasteiger partial charge in [0.05, 0.1) is 11.1 Å². The van der Waals surface area contributed by atoms with Crippen molar-refractivity contribution in [3.63, 3.8) is 0 Å². The fourth-order valence-electron chi connectivity index (χ4n) is 2.08. The molecule has 1 N–H and O–H groups in total. The second-order valence-corrected chi connectivity index (χ2v) is 5.11. The molecule has 1 unspecified atom stereocenters. The maximum absolute atomic E-state index is 5.39. The quantitative estimate of drug-likeness (QED) is 0.927. The van der Waals surface area contributed by atoms with Gasteiger partial charge in [0.2, 0.25) is 6.79 Å². The van der Waals surface area contributed by atoms with E-state index in [4.69, 9.17) is 14.2 Å². The third-order valence-corrected chi connectivity index (χ3v) is 3.60. The maximum Gasteiger partial charge on any atom is 0.231 e. The minimum absolute atomic E-state index is 0.307. The molecular weight excluding hydrogens is 286 g/mol. The molecule has 1 aromatic rings. The number of hydrogen-bond acceptors (Lipinski definition) is 4. The van der Waals surface area contributed by atoms with Crippen molar-refractivity contribution in [2.75, 3.05) is 20.0 Å². The molecule has 5 heteroatoms. The maximum atomic E-state index is 5.39. The molecule has 92 valence electrons. The second kappa shape index (κ2) is 4.84. The third-order valence-electron chi connectivity index (χ3n) is 3.01. The van der Waals surface area contributed by atoms with Crippen molar-refractivity contribution >= 4 is 15.9 Å². The van der Waals surface area contributed by atoms with E-state index in [1.807, 2.05) is 6.07 Å². The van der Waals surface area contributed by atoms with Crippen molar-refractivity contribution in [2.45, 2.75) is 19.0 Å². The molecule has 1 atom stereocenters. The fourth-order valence-corrected chi connectivity index (χ4v) is 2.68. The van der Waals surface area contributed by atoms with E-state index in [2.05, 4.69) is 27.3 Å². The zero-order chi connectivity index (χ0) is 11.7. The molecule has 1 fully saturated rings. The van der Waals surface area contributed by atoms with E-state index in [-0.39, 0.29) is 0 Å². The molecule has 0 bridgehead atoms. The molecule has 2 heterocycles. The molecule has 17 heavy (non-hydrogen) atoms. The highest BCUT2D eigenvalue weighted by Gasteiger charge is 2.19. The van der Waals surface area contributed by atoms with Crippen LogP contribution in [0.4, 0.5) is 0 Å². The summed E-state index contributed by atoms with van der Waals surface area (Å²) in [5, 5.41) is 3.47. The Bertz CT molecular complexity index is 418. The summed E-state index contributed by atoms with van der Waals surface area (Å²) >= 11 is 3.49. The first-order chi connectivity index (χ1) is 8.33. The molecule has 1 saturated heterocycles. The first kappa shape index (κ1) is 11.3. The second-order valence-electron chi connectivity index (χ2n) is 4.25. The zero-order valence-electron chi connectivity index (χ0n) is 9.37. The van der Waals surface area contributed by atoms with Crippen molar-refractivity contribution in [3.05, 3.63) is 22.2 Å². The van der Waals surface area contributed by atoms with Gasteiger partial charge in [-0.25, -0.2) is 0 Å². The van der Waals surface area contributed by atoms with Gasteiger partial charge < -0.3 is 19.5 Å². The van der Waals surface area contributed by atoms with Crippen molar-refractivity contribution in [1.29, 1.82) is 0 Å². The minimum Gasteiger partial charge on any atom is -0.454 e. The van der Waals surface area contributed by atoms with Crippen LogP contribution in [0.15, 0.2) is 16.6 Å². The highest BCUT2D eigenvalue weighted by atomic mass is 79.9. The zero-order valence-corrected chi connectivity index (χ0v) is 11.0. The lowest BCUT2D eigenvalue weighted by Gasteiger charge is -2.11. The Morgan fingerprint density at radius 3 is 3.12 bits per heavy atom. The van der Waals surface area contributed by atoms with Gasteiger partial charge in [0.25, 0.3) is 0 Å². The fraction of sp³-hybridized carbons (Fsp3) is 0.500. The smallest absolute Gasteiger partial charge is 0.231 e. The molecule has 1 aromatic carbocycles. The SMILES string of the molecule is Brc1cc(CNC2CCOC2)cc2c1OCO2. The summed E-state index contributed by atoms with van der Waals surface area (Å²) in [7, 11) is 0. The van der Waals surface area contributed by atoms with Crippen LogP contribution in [-0.2, 0) is 11.3 Å². The molecule has 2 aliphatic rings. The minimum atomic E-state index is 0.307. The van der Waals surface area contributed by atoms with E-state index >= 15 is 0 Å². The third kappa shape index (κ3) is 2.41.